The van der Waals surface area contributed by atoms with E-state index in [-0.39, 0.29) is 23.8 Å². The van der Waals surface area contributed by atoms with E-state index in [2.05, 4.69) is 12.2 Å². The lowest BCUT2D eigenvalue weighted by molar-refractivity contribution is -0.948. The van der Waals surface area contributed by atoms with Crippen molar-refractivity contribution in [2.45, 2.75) is 45.3 Å². The van der Waals surface area contributed by atoms with E-state index in [1.165, 1.54) is 22.6 Å². The van der Waals surface area contributed by atoms with Gasteiger partial charge >= 0.3 is 0 Å². The summed E-state index contributed by atoms with van der Waals surface area (Å²) in [7, 11) is 3.27. The van der Waals surface area contributed by atoms with Crippen LogP contribution in [0.2, 0.25) is 0 Å². The van der Waals surface area contributed by atoms with Crippen LogP contribution in [0.25, 0.3) is 0 Å². The van der Waals surface area contributed by atoms with Gasteiger partial charge in [-0.25, -0.2) is 4.39 Å². The highest BCUT2D eigenvalue weighted by Gasteiger charge is 2.37. The van der Waals surface area contributed by atoms with Gasteiger partial charge in [0.05, 0.1) is 26.8 Å². The lowest BCUT2D eigenvalue weighted by atomic mass is 9.87. The third-order valence-corrected chi connectivity index (χ3v) is 5.69. The van der Waals surface area contributed by atoms with Crippen LogP contribution in [0, 0.1) is 5.82 Å². The molecule has 0 aromatic heterocycles. The molecule has 2 aromatic carbocycles. The summed E-state index contributed by atoms with van der Waals surface area (Å²) in [4.78, 5) is 13.4. The number of rotatable bonds is 7. The second kappa shape index (κ2) is 9.27. The van der Waals surface area contributed by atoms with Crippen LogP contribution in [0.15, 0.2) is 36.4 Å². The highest BCUT2D eigenvalue weighted by Crippen LogP contribution is 2.35. The largest absolute Gasteiger partial charge is 0.493 e. The predicted molar refractivity (Wildman–Crippen MR) is 110 cm³/mol. The van der Waals surface area contributed by atoms with Crippen LogP contribution in [0.4, 0.5) is 4.39 Å². The van der Waals surface area contributed by atoms with E-state index in [1.54, 1.807) is 14.2 Å². The van der Waals surface area contributed by atoms with E-state index >= 15 is 0 Å². The number of amides is 1. The van der Waals surface area contributed by atoms with E-state index in [0.29, 0.717) is 12.2 Å². The first-order valence-electron chi connectivity index (χ1n) is 10.1. The van der Waals surface area contributed by atoms with Crippen molar-refractivity contribution < 1.29 is 23.6 Å². The summed E-state index contributed by atoms with van der Waals surface area (Å²) >= 11 is 0. The first-order valence-corrected chi connectivity index (χ1v) is 10.1. The van der Waals surface area contributed by atoms with E-state index in [1.807, 2.05) is 31.2 Å². The minimum Gasteiger partial charge on any atom is -0.493 e. The fourth-order valence-corrected chi connectivity index (χ4v) is 4.24. The van der Waals surface area contributed by atoms with Gasteiger partial charge in [-0.2, -0.15) is 0 Å². The fraction of sp³-hybridized carbons (Fsp3) is 0.435. The molecule has 0 radical (unpaired) electrons. The minimum atomic E-state index is -0.232. The molecule has 0 fully saturated rings. The highest BCUT2D eigenvalue weighted by molar-refractivity contribution is 5.75. The Morgan fingerprint density at radius 1 is 1.21 bits per heavy atom. The molecule has 156 valence electrons. The Morgan fingerprint density at radius 2 is 1.86 bits per heavy atom. The molecule has 29 heavy (non-hydrogen) atoms. The monoisotopic (exact) mass is 401 g/mol. The zero-order valence-electron chi connectivity index (χ0n) is 17.5. The van der Waals surface area contributed by atoms with Crippen molar-refractivity contribution in [1.82, 2.24) is 5.32 Å². The van der Waals surface area contributed by atoms with Crippen LogP contribution in [0.5, 0.6) is 11.5 Å². The van der Waals surface area contributed by atoms with Crippen molar-refractivity contribution in [2.75, 3.05) is 20.8 Å². The molecule has 1 heterocycles. The standard InChI is InChI=1S/C23H29FN2O3/c1-5-22(27)25-15(2)23-19-13-21(29-4)20(28-3)12-17(19)10-11-26(23)14-16-6-8-18(24)9-7-16/h6-9,12-13,15,23H,5,10-11,14H2,1-4H3,(H,25,27)/p+1/t15-,23-/m1/s1. The van der Waals surface area contributed by atoms with Crippen LogP contribution >= 0.6 is 0 Å². The number of quaternary nitrogens is 1. The summed E-state index contributed by atoms with van der Waals surface area (Å²) in [5.41, 5.74) is 3.45. The first kappa shape index (κ1) is 21.1. The summed E-state index contributed by atoms with van der Waals surface area (Å²) in [6, 6.07) is 10.7. The van der Waals surface area contributed by atoms with Crippen molar-refractivity contribution in [3.05, 3.63) is 58.9 Å². The maximum atomic E-state index is 13.3. The number of carbonyl (C=O) groups is 1. The van der Waals surface area contributed by atoms with E-state index in [9.17, 15) is 9.18 Å². The van der Waals surface area contributed by atoms with E-state index in [4.69, 9.17) is 9.47 Å². The second-order valence-corrected chi connectivity index (χ2v) is 7.55. The van der Waals surface area contributed by atoms with Gasteiger partial charge in [-0.1, -0.05) is 19.1 Å². The normalized spacial score (nSPS) is 19.2. The number of methoxy groups -OCH3 is 2. The van der Waals surface area contributed by atoms with E-state index in [0.717, 1.165) is 36.4 Å². The maximum absolute atomic E-state index is 13.3. The highest BCUT2D eigenvalue weighted by atomic mass is 19.1. The third-order valence-electron chi connectivity index (χ3n) is 5.69. The number of nitrogens with one attached hydrogen (secondary N) is 2. The molecule has 2 aromatic rings. The summed E-state index contributed by atoms with van der Waals surface area (Å²) < 4.78 is 24.3. The summed E-state index contributed by atoms with van der Waals surface area (Å²) in [5.74, 6) is 1.21. The number of hydrogen-bond acceptors (Lipinski definition) is 3. The van der Waals surface area contributed by atoms with Gasteiger partial charge in [0.15, 0.2) is 11.5 Å². The maximum Gasteiger partial charge on any atom is 0.220 e. The van der Waals surface area contributed by atoms with E-state index < -0.39 is 0 Å². The van der Waals surface area contributed by atoms with Crippen molar-refractivity contribution in [3.63, 3.8) is 0 Å². The van der Waals surface area contributed by atoms with Gasteiger partial charge < -0.3 is 19.7 Å². The number of ether oxygens (including phenoxy) is 2. The quantitative estimate of drug-likeness (QED) is 0.749. The molecule has 0 aliphatic carbocycles. The third kappa shape index (κ3) is 4.70. The Bertz CT molecular complexity index is 854. The van der Waals surface area contributed by atoms with Gasteiger partial charge in [0.2, 0.25) is 5.91 Å². The molecular formula is C23H30FN2O3+. The topological polar surface area (TPSA) is 52.0 Å². The molecule has 5 nitrogen and oxygen atoms in total. The average Bonchev–Trinajstić information content (AvgIpc) is 2.73. The molecule has 2 N–H and O–H groups in total. The van der Waals surface area contributed by atoms with Crippen molar-refractivity contribution in [1.29, 1.82) is 0 Å². The van der Waals surface area contributed by atoms with Crippen molar-refractivity contribution in [3.8, 4) is 11.5 Å². The molecule has 0 spiro atoms. The molecule has 3 atom stereocenters. The number of carbonyl (C=O) groups excluding carboxylic acids is 1. The SMILES string of the molecule is CCC(=O)N[C@H](C)[C@@H]1c2cc(OC)c(OC)cc2CC[NH+]1Cc1ccc(F)cc1. The van der Waals surface area contributed by atoms with Crippen LogP contribution in [-0.4, -0.2) is 32.7 Å². The van der Waals surface area contributed by atoms with Gasteiger partial charge in [0.1, 0.15) is 18.4 Å². The summed E-state index contributed by atoms with van der Waals surface area (Å²) in [6.07, 6.45) is 1.35. The lowest BCUT2D eigenvalue weighted by Crippen LogP contribution is -3.13. The number of fused-ring (bicyclic) bond motifs is 1. The zero-order valence-corrected chi connectivity index (χ0v) is 17.5. The van der Waals surface area contributed by atoms with Crippen LogP contribution in [-0.2, 0) is 17.8 Å². The Hall–Kier alpha value is -2.60. The fourth-order valence-electron chi connectivity index (χ4n) is 4.24. The average molecular weight is 402 g/mol. The molecule has 6 heteroatoms. The zero-order chi connectivity index (χ0) is 21.0. The predicted octanol–water partition coefficient (Wildman–Crippen LogP) is 2.44. The lowest BCUT2D eigenvalue weighted by Gasteiger charge is -2.38. The Labute approximate surface area is 171 Å². The molecule has 1 unspecified atom stereocenters. The van der Waals surface area contributed by atoms with Gasteiger partial charge in [0.25, 0.3) is 0 Å². The Morgan fingerprint density at radius 3 is 2.48 bits per heavy atom. The molecule has 3 rings (SSSR count). The molecule has 0 saturated heterocycles. The molecule has 0 bridgehead atoms. The Balaban J connectivity index is 1.98. The van der Waals surface area contributed by atoms with Crippen molar-refractivity contribution >= 4 is 5.91 Å². The first-order chi connectivity index (χ1) is 14.0. The van der Waals surface area contributed by atoms with Gasteiger partial charge in [-0.3, -0.25) is 4.79 Å². The number of halogens is 1. The van der Waals surface area contributed by atoms with Gasteiger partial charge in [-0.05, 0) is 36.8 Å². The second-order valence-electron chi connectivity index (χ2n) is 7.55. The molecule has 0 saturated carbocycles. The molecule has 1 amide bonds. The van der Waals surface area contributed by atoms with Crippen LogP contribution < -0.4 is 19.7 Å². The summed E-state index contributed by atoms with van der Waals surface area (Å²) in [5, 5.41) is 3.14. The smallest absolute Gasteiger partial charge is 0.220 e. The van der Waals surface area contributed by atoms with Gasteiger partial charge in [-0.15, -0.1) is 0 Å². The summed E-state index contributed by atoms with van der Waals surface area (Å²) in [6.45, 7) is 5.57. The molecular weight excluding hydrogens is 371 g/mol. The van der Waals surface area contributed by atoms with Crippen molar-refractivity contribution in [2.24, 2.45) is 0 Å². The van der Waals surface area contributed by atoms with Crippen LogP contribution in [0.1, 0.15) is 43.0 Å². The Kier molecular flexibility index (Phi) is 6.75. The van der Waals surface area contributed by atoms with Gasteiger partial charge in [0, 0.05) is 24.0 Å². The number of hydrogen-bond donors (Lipinski definition) is 2. The minimum absolute atomic E-state index is 0.0335. The molecule has 1 aliphatic rings. The molecule has 1 aliphatic heterocycles. The van der Waals surface area contributed by atoms with Crippen LogP contribution in [0.3, 0.4) is 0 Å². The number of benzene rings is 2.